The van der Waals surface area contributed by atoms with Gasteiger partial charge in [0.1, 0.15) is 17.3 Å². The monoisotopic (exact) mass is 557 g/mol. The Labute approximate surface area is 241 Å². The number of carbonyl (C=O) groups excluding carboxylic acids is 3. The van der Waals surface area contributed by atoms with E-state index in [9.17, 15) is 14.4 Å². The smallest absolute Gasteiger partial charge is 0.251 e. The number of amides is 2. The number of likely N-dealkylation sites (tertiary alicyclic amines) is 1. The molecule has 0 unspecified atom stereocenters. The molecule has 1 fully saturated rings. The summed E-state index contributed by atoms with van der Waals surface area (Å²) < 4.78 is 10.9. The molecule has 0 bridgehead atoms. The summed E-state index contributed by atoms with van der Waals surface area (Å²) in [4.78, 5) is 35.9. The van der Waals surface area contributed by atoms with Crippen molar-refractivity contribution in [1.29, 1.82) is 0 Å². The Balaban J connectivity index is 0.000000717. The normalized spacial score (nSPS) is 11.7. The van der Waals surface area contributed by atoms with Crippen molar-refractivity contribution in [3.8, 4) is 11.5 Å². The Bertz CT molecular complexity index is 960. The van der Waals surface area contributed by atoms with Crippen LogP contribution < -0.4 is 20.1 Å². The topological polar surface area (TPSA) is 97.0 Å². The van der Waals surface area contributed by atoms with Gasteiger partial charge >= 0.3 is 0 Å². The van der Waals surface area contributed by atoms with Crippen LogP contribution in [0.25, 0.3) is 0 Å². The molecule has 2 aromatic rings. The molecule has 1 heterocycles. The third kappa shape index (κ3) is 15.9. The number of benzene rings is 2. The van der Waals surface area contributed by atoms with Crippen LogP contribution in [0.5, 0.6) is 11.5 Å². The van der Waals surface area contributed by atoms with Crippen LogP contribution in [0.1, 0.15) is 83.1 Å². The quantitative estimate of drug-likeness (QED) is 0.392. The third-order valence-corrected chi connectivity index (χ3v) is 5.41. The molecule has 2 N–H and O–H groups in total. The third-order valence-electron chi connectivity index (χ3n) is 5.41. The molecule has 0 radical (unpaired) electrons. The zero-order valence-corrected chi connectivity index (χ0v) is 25.7. The van der Waals surface area contributed by atoms with Crippen molar-refractivity contribution in [1.82, 2.24) is 15.5 Å². The fraction of sp³-hybridized carbons (Fsp3) is 0.531. The molecule has 0 aromatic heterocycles. The lowest BCUT2D eigenvalue weighted by Gasteiger charge is -2.26. The summed E-state index contributed by atoms with van der Waals surface area (Å²) in [6.45, 7) is 15.1. The standard InChI is InChI=1S/C17H26N2O3.C10H11NO2.C3H8.C2H6/c1-3-22-16-11-15(21-2)8-7-14(16)12-18-13-17(20)19-9-5-4-6-10-19;1-8(12)7-11-10(13)9-5-3-2-4-6-9;1-3-2;1-2/h7-8,11,18H,3-6,9-10,12-13H2,1-2H3;2-6H,7H2,1H3,(H,11,13);3H2,1-2H3;1-2H3. The zero-order chi connectivity index (χ0) is 30.2. The average Bonchev–Trinajstić information content (AvgIpc) is 2.99. The molecule has 8 heteroatoms. The van der Waals surface area contributed by atoms with Crippen LogP contribution in [0, 0.1) is 0 Å². The Kier molecular flexibility index (Phi) is 21.5. The summed E-state index contributed by atoms with van der Waals surface area (Å²) in [7, 11) is 1.64. The van der Waals surface area contributed by atoms with Crippen molar-refractivity contribution in [2.75, 3.05) is 39.9 Å². The molecule has 0 atom stereocenters. The fourth-order valence-corrected chi connectivity index (χ4v) is 3.55. The summed E-state index contributed by atoms with van der Waals surface area (Å²) in [5.74, 6) is 1.50. The molecule has 0 saturated carbocycles. The maximum absolute atomic E-state index is 12.1. The van der Waals surface area contributed by atoms with Gasteiger partial charge in [0, 0.05) is 36.8 Å². The van der Waals surface area contributed by atoms with E-state index in [0.717, 1.165) is 43.0 Å². The van der Waals surface area contributed by atoms with Crippen LogP contribution in [0.2, 0.25) is 0 Å². The first-order valence-corrected chi connectivity index (χ1v) is 14.5. The molecule has 1 aliphatic heterocycles. The second-order valence-corrected chi connectivity index (χ2v) is 8.91. The molecule has 1 saturated heterocycles. The first-order valence-electron chi connectivity index (χ1n) is 14.5. The SMILES string of the molecule is CC.CC(=O)CNC(=O)c1ccccc1.CCC.CCOc1cc(OC)ccc1CNCC(=O)N1CCCCC1. The van der Waals surface area contributed by atoms with E-state index in [4.69, 9.17) is 9.47 Å². The number of piperidine rings is 1. The molecular weight excluding hydrogens is 506 g/mol. The highest BCUT2D eigenvalue weighted by molar-refractivity contribution is 5.96. The molecule has 224 valence electrons. The molecule has 1 aliphatic rings. The summed E-state index contributed by atoms with van der Waals surface area (Å²) in [5.41, 5.74) is 1.61. The van der Waals surface area contributed by atoms with E-state index in [0.29, 0.717) is 25.3 Å². The van der Waals surface area contributed by atoms with Crippen molar-refractivity contribution >= 4 is 17.6 Å². The molecule has 8 nitrogen and oxygen atoms in total. The Hall–Kier alpha value is -3.39. The number of ether oxygens (including phenoxy) is 2. The van der Waals surface area contributed by atoms with Crippen LogP contribution in [-0.4, -0.2) is 62.4 Å². The van der Waals surface area contributed by atoms with E-state index in [1.165, 1.54) is 19.8 Å². The second-order valence-electron chi connectivity index (χ2n) is 8.91. The number of hydrogen-bond donors (Lipinski definition) is 2. The number of nitrogens with one attached hydrogen (secondary N) is 2. The fourth-order valence-electron chi connectivity index (χ4n) is 3.55. The lowest BCUT2D eigenvalue weighted by molar-refractivity contribution is -0.131. The Morgan fingerprint density at radius 2 is 1.52 bits per heavy atom. The van der Waals surface area contributed by atoms with E-state index in [-0.39, 0.29) is 24.1 Å². The number of hydrogen-bond acceptors (Lipinski definition) is 6. The van der Waals surface area contributed by atoms with Gasteiger partial charge in [0.15, 0.2) is 0 Å². The number of nitrogens with zero attached hydrogens (tertiary/aromatic N) is 1. The number of rotatable bonds is 10. The maximum Gasteiger partial charge on any atom is 0.251 e. The van der Waals surface area contributed by atoms with Crippen LogP contribution >= 0.6 is 0 Å². The van der Waals surface area contributed by atoms with Crippen LogP contribution in [-0.2, 0) is 16.1 Å². The van der Waals surface area contributed by atoms with Crippen LogP contribution in [0.15, 0.2) is 48.5 Å². The van der Waals surface area contributed by atoms with Gasteiger partial charge in [-0.1, -0.05) is 58.4 Å². The summed E-state index contributed by atoms with van der Waals surface area (Å²) >= 11 is 0. The molecule has 0 spiro atoms. The van der Waals surface area contributed by atoms with Crippen molar-refractivity contribution in [2.24, 2.45) is 0 Å². The van der Waals surface area contributed by atoms with Gasteiger partial charge in [0.05, 0.1) is 26.8 Å². The van der Waals surface area contributed by atoms with E-state index >= 15 is 0 Å². The maximum atomic E-state index is 12.1. The highest BCUT2D eigenvalue weighted by Gasteiger charge is 2.16. The first-order chi connectivity index (χ1) is 19.4. The van der Waals surface area contributed by atoms with Crippen LogP contribution in [0.4, 0.5) is 0 Å². The van der Waals surface area contributed by atoms with Crippen molar-refractivity contribution in [3.05, 3.63) is 59.7 Å². The van der Waals surface area contributed by atoms with E-state index in [1.54, 1.807) is 31.4 Å². The van der Waals surface area contributed by atoms with Gasteiger partial charge in [-0.2, -0.15) is 0 Å². The average molecular weight is 558 g/mol. The minimum absolute atomic E-state index is 0.0516. The van der Waals surface area contributed by atoms with E-state index in [2.05, 4.69) is 24.5 Å². The Morgan fingerprint density at radius 3 is 2.08 bits per heavy atom. The van der Waals surface area contributed by atoms with Gasteiger partial charge in [-0.3, -0.25) is 14.4 Å². The van der Waals surface area contributed by atoms with Gasteiger partial charge in [-0.25, -0.2) is 0 Å². The predicted molar refractivity (Wildman–Crippen MR) is 163 cm³/mol. The summed E-state index contributed by atoms with van der Waals surface area (Å²) in [6, 6.07) is 14.6. The highest BCUT2D eigenvalue weighted by atomic mass is 16.5. The van der Waals surface area contributed by atoms with Gasteiger partial charge in [-0.15, -0.1) is 0 Å². The molecule has 2 aromatic carbocycles. The zero-order valence-electron chi connectivity index (χ0n) is 25.7. The van der Waals surface area contributed by atoms with Gasteiger partial charge in [-0.05, 0) is 51.3 Å². The largest absolute Gasteiger partial charge is 0.497 e. The van der Waals surface area contributed by atoms with Gasteiger partial charge in [0.2, 0.25) is 5.91 Å². The lowest BCUT2D eigenvalue weighted by atomic mass is 10.1. The minimum atomic E-state index is -0.212. The lowest BCUT2D eigenvalue weighted by Crippen LogP contribution is -2.41. The number of methoxy groups -OCH3 is 1. The molecule has 0 aliphatic carbocycles. The minimum Gasteiger partial charge on any atom is -0.497 e. The summed E-state index contributed by atoms with van der Waals surface area (Å²) in [5, 5.41) is 5.73. The number of carbonyl (C=O) groups is 3. The van der Waals surface area contributed by atoms with Gasteiger partial charge in [0.25, 0.3) is 5.91 Å². The summed E-state index contributed by atoms with van der Waals surface area (Å²) in [6.07, 6.45) is 4.73. The molecule has 2 amide bonds. The molecular formula is C32H51N3O5. The second kappa shape index (κ2) is 23.5. The van der Waals surface area contributed by atoms with Crippen molar-refractivity contribution < 1.29 is 23.9 Å². The molecule has 3 rings (SSSR count). The predicted octanol–water partition coefficient (Wildman–Crippen LogP) is 5.64. The highest BCUT2D eigenvalue weighted by Crippen LogP contribution is 2.24. The van der Waals surface area contributed by atoms with E-state index < -0.39 is 0 Å². The van der Waals surface area contributed by atoms with Crippen molar-refractivity contribution in [3.63, 3.8) is 0 Å². The van der Waals surface area contributed by atoms with E-state index in [1.807, 2.05) is 49.9 Å². The number of ketones is 1. The number of Topliss-reactive ketones (excluding diaryl/α,β-unsaturated/α-hetero) is 1. The van der Waals surface area contributed by atoms with Gasteiger partial charge < -0.3 is 25.0 Å². The van der Waals surface area contributed by atoms with Crippen molar-refractivity contribution in [2.45, 2.75) is 73.8 Å². The first kappa shape index (κ1) is 36.6. The van der Waals surface area contributed by atoms with Crippen LogP contribution in [0.3, 0.4) is 0 Å². The Morgan fingerprint density at radius 1 is 0.900 bits per heavy atom. The molecule has 40 heavy (non-hydrogen) atoms.